The highest BCUT2D eigenvalue weighted by Crippen LogP contribution is 1.94. The van der Waals surface area contributed by atoms with Crippen LogP contribution in [0.5, 0.6) is 0 Å². The number of esters is 1. The van der Waals surface area contributed by atoms with E-state index in [-0.39, 0.29) is 5.97 Å². The van der Waals surface area contributed by atoms with Crippen LogP contribution >= 0.6 is 0 Å². The molecule has 0 unspecified atom stereocenters. The molecule has 0 aliphatic heterocycles. The first kappa shape index (κ1) is 12.7. The van der Waals surface area contributed by atoms with Gasteiger partial charge in [-0.3, -0.25) is 4.79 Å². The second kappa shape index (κ2) is 8.26. The van der Waals surface area contributed by atoms with Crippen molar-refractivity contribution < 1.29 is 9.53 Å². The molecule has 14 heavy (non-hydrogen) atoms. The van der Waals surface area contributed by atoms with E-state index in [1.807, 2.05) is 30.3 Å². The van der Waals surface area contributed by atoms with Crippen LogP contribution in [0.25, 0.3) is 0 Å². The molecule has 0 aliphatic rings. The summed E-state index contributed by atoms with van der Waals surface area (Å²) in [5.74, 6) is -0.157. The standard InChI is InChI=1S/C7H9N.C4H8O2/c8-6-7-4-2-1-3-5-7;1-3-4(5)6-2/h1-5H,6,8H2;3H2,1-2H3. The van der Waals surface area contributed by atoms with Crippen molar-refractivity contribution in [2.45, 2.75) is 19.9 Å². The summed E-state index contributed by atoms with van der Waals surface area (Å²) in [7, 11) is 1.38. The number of carbonyl (C=O) groups is 1. The minimum Gasteiger partial charge on any atom is -0.469 e. The van der Waals surface area contributed by atoms with Crippen LogP contribution in [-0.4, -0.2) is 13.1 Å². The molecule has 0 aliphatic carbocycles. The van der Waals surface area contributed by atoms with E-state index in [0.717, 1.165) is 0 Å². The Hall–Kier alpha value is -1.35. The molecule has 1 aromatic rings. The van der Waals surface area contributed by atoms with Gasteiger partial charge in [0.05, 0.1) is 7.11 Å². The van der Waals surface area contributed by atoms with E-state index in [0.29, 0.717) is 13.0 Å². The van der Waals surface area contributed by atoms with Crippen LogP contribution in [0.2, 0.25) is 0 Å². The van der Waals surface area contributed by atoms with Crippen LogP contribution in [0.3, 0.4) is 0 Å². The number of carbonyl (C=O) groups excluding carboxylic acids is 1. The van der Waals surface area contributed by atoms with Crippen molar-refractivity contribution in [2.24, 2.45) is 5.73 Å². The fraction of sp³-hybridized carbons (Fsp3) is 0.364. The van der Waals surface area contributed by atoms with Gasteiger partial charge in [0.1, 0.15) is 0 Å². The molecule has 0 saturated carbocycles. The minimum absolute atomic E-state index is 0.157. The highest BCUT2D eigenvalue weighted by atomic mass is 16.5. The number of benzene rings is 1. The fourth-order valence-corrected chi connectivity index (χ4v) is 0.758. The highest BCUT2D eigenvalue weighted by molar-refractivity contribution is 5.68. The van der Waals surface area contributed by atoms with Gasteiger partial charge in [0.25, 0.3) is 0 Å². The van der Waals surface area contributed by atoms with Gasteiger partial charge in [-0.05, 0) is 5.56 Å². The monoisotopic (exact) mass is 195 g/mol. The van der Waals surface area contributed by atoms with Crippen molar-refractivity contribution in [2.75, 3.05) is 7.11 Å². The molecule has 0 amide bonds. The third kappa shape index (κ3) is 6.20. The molecule has 0 aromatic heterocycles. The predicted octanol–water partition coefficient (Wildman–Crippen LogP) is 1.71. The van der Waals surface area contributed by atoms with Crippen LogP contribution < -0.4 is 5.73 Å². The first-order valence-electron chi connectivity index (χ1n) is 4.55. The molecule has 0 fully saturated rings. The van der Waals surface area contributed by atoms with E-state index in [1.54, 1.807) is 6.92 Å². The summed E-state index contributed by atoms with van der Waals surface area (Å²) in [6.45, 7) is 2.40. The number of methoxy groups -OCH3 is 1. The van der Waals surface area contributed by atoms with Gasteiger partial charge in [-0.15, -0.1) is 0 Å². The Kier molecular flexibility index (Phi) is 7.46. The molecular formula is C11H17NO2. The first-order valence-corrected chi connectivity index (χ1v) is 4.55. The Morgan fingerprint density at radius 3 is 2.14 bits per heavy atom. The Balaban J connectivity index is 0.000000255. The van der Waals surface area contributed by atoms with Crippen molar-refractivity contribution in [3.8, 4) is 0 Å². The molecule has 1 aromatic carbocycles. The van der Waals surface area contributed by atoms with E-state index in [2.05, 4.69) is 4.74 Å². The van der Waals surface area contributed by atoms with Crippen molar-refractivity contribution in [3.05, 3.63) is 35.9 Å². The molecule has 2 N–H and O–H groups in total. The first-order chi connectivity index (χ1) is 6.74. The van der Waals surface area contributed by atoms with Crippen molar-refractivity contribution in [3.63, 3.8) is 0 Å². The maximum Gasteiger partial charge on any atom is 0.305 e. The van der Waals surface area contributed by atoms with Gasteiger partial charge in [-0.25, -0.2) is 0 Å². The number of hydrogen-bond donors (Lipinski definition) is 1. The Labute approximate surface area is 84.9 Å². The van der Waals surface area contributed by atoms with E-state index >= 15 is 0 Å². The summed E-state index contributed by atoms with van der Waals surface area (Å²) in [5, 5.41) is 0. The molecule has 3 heteroatoms. The van der Waals surface area contributed by atoms with E-state index in [9.17, 15) is 4.79 Å². The second-order valence-corrected chi connectivity index (χ2v) is 2.62. The lowest BCUT2D eigenvalue weighted by atomic mass is 10.2. The Morgan fingerprint density at radius 2 is 1.93 bits per heavy atom. The second-order valence-electron chi connectivity index (χ2n) is 2.62. The summed E-state index contributed by atoms with van der Waals surface area (Å²) in [5.41, 5.74) is 6.54. The van der Waals surface area contributed by atoms with Gasteiger partial charge in [-0.1, -0.05) is 37.3 Å². The molecule has 0 radical (unpaired) electrons. The molecule has 0 saturated heterocycles. The van der Waals surface area contributed by atoms with Crippen LogP contribution in [0.4, 0.5) is 0 Å². The smallest absolute Gasteiger partial charge is 0.305 e. The maximum atomic E-state index is 9.96. The lowest BCUT2D eigenvalue weighted by molar-refractivity contribution is -0.140. The zero-order valence-electron chi connectivity index (χ0n) is 8.69. The van der Waals surface area contributed by atoms with Gasteiger partial charge < -0.3 is 10.5 Å². The van der Waals surface area contributed by atoms with Crippen LogP contribution in [0.1, 0.15) is 18.9 Å². The van der Waals surface area contributed by atoms with Gasteiger partial charge in [0.15, 0.2) is 0 Å². The van der Waals surface area contributed by atoms with E-state index in [4.69, 9.17) is 5.73 Å². The number of ether oxygens (including phenoxy) is 1. The average molecular weight is 195 g/mol. The molecule has 78 valence electrons. The summed E-state index contributed by atoms with van der Waals surface area (Å²) in [4.78, 5) is 9.96. The lowest BCUT2D eigenvalue weighted by Crippen LogP contribution is -1.94. The Bertz CT molecular complexity index is 241. The summed E-state index contributed by atoms with van der Waals surface area (Å²) >= 11 is 0. The van der Waals surface area contributed by atoms with E-state index in [1.165, 1.54) is 12.7 Å². The topological polar surface area (TPSA) is 52.3 Å². The number of rotatable bonds is 2. The Morgan fingerprint density at radius 1 is 1.36 bits per heavy atom. The molecule has 0 atom stereocenters. The van der Waals surface area contributed by atoms with Crippen LogP contribution in [0.15, 0.2) is 30.3 Å². The zero-order valence-corrected chi connectivity index (χ0v) is 8.69. The highest BCUT2D eigenvalue weighted by Gasteiger charge is 1.87. The molecule has 0 heterocycles. The summed E-state index contributed by atoms with van der Waals surface area (Å²) in [6.07, 6.45) is 0.469. The fourth-order valence-electron chi connectivity index (χ4n) is 0.758. The van der Waals surface area contributed by atoms with Gasteiger partial charge in [0, 0.05) is 13.0 Å². The van der Waals surface area contributed by atoms with Crippen molar-refractivity contribution >= 4 is 5.97 Å². The quantitative estimate of drug-likeness (QED) is 0.731. The van der Waals surface area contributed by atoms with Crippen LogP contribution in [0, 0.1) is 0 Å². The average Bonchev–Trinajstić information content (AvgIpc) is 2.30. The SMILES string of the molecule is CCC(=O)OC.NCc1ccccc1. The predicted molar refractivity (Wildman–Crippen MR) is 56.6 cm³/mol. The van der Waals surface area contributed by atoms with Crippen molar-refractivity contribution in [1.82, 2.24) is 0 Å². The molecule has 0 spiro atoms. The third-order valence-corrected chi connectivity index (χ3v) is 1.59. The largest absolute Gasteiger partial charge is 0.469 e. The van der Waals surface area contributed by atoms with E-state index < -0.39 is 0 Å². The van der Waals surface area contributed by atoms with Crippen molar-refractivity contribution in [1.29, 1.82) is 0 Å². The summed E-state index contributed by atoms with van der Waals surface area (Å²) < 4.78 is 4.26. The minimum atomic E-state index is -0.157. The molecule has 0 bridgehead atoms. The molecular weight excluding hydrogens is 178 g/mol. The normalized spacial score (nSPS) is 8.50. The van der Waals surface area contributed by atoms with Gasteiger partial charge in [0.2, 0.25) is 0 Å². The third-order valence-electron chi connectivity index (χ3n) is 1.59. The maximum absolute atomic E-state index is 9.96. The van der Waals surface area contributed by atoms with Gasteiger partial charge in [-0.2, -0.15) is 0 Å². The van der Waals surface area contributed by atoms with Gasteiger partial charge >= 0.3 is 5.97 Å². The molecule has 3 nitrogen and oxygen atoms in total. The lowest BCUT2D eigenvalue weighted by Gasteiger charge is -1.90. The number of hydrogen-bond acceptors (Lipinski definition) is 3. The number of nitrogens with two attached hydrogens (primary N) is 1. The summed E-state index contributed by atoms with van der Waals surface area (Å²) in [6, 6.07) is 9.99. The zero-order chi connectivity index (χ0) is 10.8. The molecule has 1 rings (SSSR count). The van der Waals surface area contributed by atoms with Crippen LogP contribution in [-0.2, 0) is 16.1 Å².